The Bertz CT molecular complexity index is 1090. The van der Waals surface area contributed by atoms with Gasteiger partial charge in [-0.05, 0) is 42.2 Å². The van der Waals surface area contributed by atoms with E-state index in [1.165, 1.54) is 10.4 Å². The first kappa shape index (κ1) is 29.5. The van der Waals surface area contributed by atoms with Crippen molar-refractivity contribution in [3.05, 3.63) is 84.9 Å². The highest BCUT2D eigenvalue weighted by molar-refractivity contribution is 6.99. The van der Waals surface area contributed by atoms with Gasteiger partial charge in [0.25, 0.3) is 8.32 Å². The average Bonchev–Trinajstić information content (AvgIpc) is 2.86. The molecule has 0 unspecified atom stereocenters. The number of rotatable bonds is 10. The van der Waals surface area contributed by atoms with Crippen LogP contribution in [0, 0.1) is 0 Å². The van der Waals surface area contributed by atoms with Gasteiger partial charge in [0.1, 0.15) is 11.4 Å². The molecule has 0 aliphatic rings. The molecule has 2 aromatic carbocycles. The second-order valence-corrected chi connectivity index (χ2v) is 15.7. The topological polar surface area (TPSA) is 82.6 Å². The van der Waals surface area contributed by atoms with E-state index in [-0.39, 0.29) is 11.6 Å². The number of alkyl carbamates (subject to hydrolysis) is 1. The number of aromatic nitrogens is 2. The van der Waals surface area contributed by atoms with Gasteiger partial charge in [-0.2, -0.15) is 0 Å². The molecule has 1 aromatic heterocycles. The van der Waals surface area contributed by atoms with Gasteiger partial charge in [0, 0.05) is 25.9 Å². The van der Waals surface area contributed by atoms with Crippen molar-refractivity contribution in [2.45, 2.75) is 70.7 Å². The van der Waals surface area contributed by atoms with Gasteiger partial charge in [-0.1, -0.05) is 81.4 Å². The largest absolute Gasteiger partial charge is 0.444 e. The van der Waals surface area contributed by atoms with E-state index in [0.29, 0.717) is 12.2 Å². The highest BCUT2D eigenvalue weighted by atomic mass is 28.4. The molecule has 0 saturated heterocycles. The zero-order valence-electron chi connectivity index (χ0n) is 23.6. The summed E-state index contributed by atoms with van der Waals surface area (Å²) in [5.41, 5.74) is -0.633. The SMILES string of the molecule is CO[C@@H](CO[Si](c1ccccc1)(c1ccccc1)C(C)(C)C)[C@H](Cc1ncccn1)NC(=O)OC(C)(C)C. The number of ether oxygens (including phenoxy) is 2. The maximum absolute atomic E-state index is 12.8. The zero-order valence-corrected chi connectivity index (χ0v) is 24.6. The third-order valence-corrected chi connectivity index (χ3v) is 11.4. The number of nitrogens with zero attached hydrogens (tertiary/aromatic N) is 2. The molecule has 0 bridgehead atoms. The summed E-state index contributed by atoms with van der Waals surface area (Å²) >= 11 is 0. The molecule has 0 saturated carbocycles. The van der Waals surface area contributed by atoms with Crippen molar-refractivity contribution in [2.75, 3.05) is 13.7 Å². The van der Waals surface area contributed by atoms with Gasteiger partial charge in [-0.3, -0.25) is 0 Å². The lowest BCUT2D eigenvalue weighted by Crippen LogP contribution is -2.67. The number of carbonyl (C=O) groups excluding carboxylic acids is 1. The second-order valence-electron chi connectivity index (χ2n) is 11.4. The third kappa shape index (κ3) is 7.49. The van der Waals surface area contributed by atoms with E-state index < -0.39 is 32.2 Å². The molecule has 3 aromatic rings. The van der Waals surface area contributed by atoms with E-state index in [0.717, 1.165) is 0 Å². The van der Waals surface area contributed by atoms with Gasteiger partial charge in [0.2, 0.25) is 0 Å². The van der Waals surface area contributed by atoms with Gasteiger partial charge >= 0.3 is 6.09 Å². The minimum atomic E-state index is -2.80. The van der Waals surface area contributed by atoms with Crippen LogP contribution in [0.2, 0.25) is 5.04 Å². The smallest absolute Gasteiger partial charge is 0.407 e. The molecule has 0 aliphatic carbocycles. The monoisotopic (exact) mass is 535 g/mol. The van der Waals surface area contributed by atoms with Crippen molar-refractivity contribution >= 4 is 24.8 Å². The Morgan fingerprint density at radius 2 is 1.39 bits per heavy atom. The lowest BCUT2D eigenvalue weighted by Gasteiger charge is -2.44. The summed E-state index contributed by atoms with van der Waals surface area (Å²) < 4.78 is 18.6. The molecule has 0 radical (unpaired) electrons. The van der Waals surface area contributed by atoms with Crippen LogP contribution in [0.15, 0.2) is 79.1 Å². The fraction of sp³-hybridized carbons (Fsp3) is 0.433. The van der Waals surface area contributed by atoms with Gasteiger partial charge < -0.3 is 19.2 Å². The summed E-state index contributed by atoms with van der Waals surface area (Å²) in [6.07, 6.45) is 2.74. The third-order valence-electron chi connectivity index (χ3n) is 6.36. The number of benzene rings is 2. The minimum Gasteiger partial charge on any atom is -0.444 e. The summed E-state index contributed by atoms with van der Waals surface area (Å²) in [5.74, 6) is 0.598. The summed E-state index contributed by atoms with van der Waals surface area (Å²) in [6, 6.07) is 22.2. The van der Waals surface area contributed by atoms with Crippen LogP contribution in [0.3, 0.4) is 0 Å². The second kappa shape index (κ2) is 12.6. The van der Waals surface area contributed by atoms with E-state index in [2.05, 4.69) is 84.6 Å². The molecule has 1 heterocycles. The molecule has 1 amide bonds. The van der Waals surface area contributed by atoms with E-state index in [4.69, 9.17) is 13.9 Å². The molecular weight excluding hydrogens is 494 g/mol. The molecule has 204 valence electrons. The van der Waals surface area contributed by atoms with Gasteiger partial charge in [0.05, 0.1) is 18.8 Å². The first-order valence-corrected chi connectivity index (χ1v) is 14.9. The Kier molecular flexibility index (Phi) is 9.81. The van der Waals surface area contributed by atoms with Crippen LogP contribution >= 0.6 is 0 Å². The lowest BCUT2D eigenvalue weighted by molar-refractivity contribution is 0.0141. The van der Waals surface area contributed by atoms with Crippen LogP contribution in [-0.2, 0) is 20.3 Å². The van der Waals surface area contributed by atoms with Crippen molar-refractivity contribution in [2.24, 2.45) is 0 Å². The summed E-state index contributed by atoms with van der Waals surface area (Å²) in [7, 11) is -1.17. The molecule has 3 rings (SSSR count). The van der Waals surface area contributed by atoms with Crippen molar-refractivity contribution < 1.29 is 18.7 Å². The number of nitrogens with one attached hydrogen (secondary N) is 1. The lowest BCUT2D eigenvalue weighted by atomic mass is 10.1. The quantitative estimate of drug-likeness (QED) is 0.385. The highest BCUT2D eigenvalue weighted by Gasteiger charge is 2.50. The van der Waals surface area contributed by atoms with Crippen molar-refractivity contribution in [1.82, 2.24) is 15.3 Å². The Morgan fingerprint density at radius 3 is 1.84 bits per heavy atom. The molecule has 38 heavy (non-hydrogen) atoms. The number of carbonyl (C=O) groups is 1. The van der Waals surface area contributed by atoms with Crippen LogP contribution in [0.4, 0.5) is 4.79 Å². The maximum atomic E-state index is 12.8. The molecule has 0 spiro atoms. The molecule has 2 atom stereocenters. The minimum absolute atomic E-state index is 0.190. The first-order chi connectivity index (χ1) is 18.0. The fourth-order valence-electron chi connectivity index (χ4n) is 4.68. The Labute approximate surface area is 228 Å². The molecular formula is C30H41N3O4Si. The summed E-state index contributed by atoms with van der Waals surface area (Å²) in [4.78, 5) is 21.6. The van der Waals surface area contributed by atoms with E-state index in [9.17, 15) is 4.79 Å². The van der Waals surface area contributed by atoms with Gasteiger partial charge in [-0.15, -0.1) is 0 Å². The normalized spacial score (nSPS) is 14.0. The highest BCUT2D eigenvalue weighted by Crippen LogP contribution is 2.37. The predicted molar refractivity (Wildman–Crippen MR) is 153 cm³/mol. The van der Waals surface area contributed by atoms with E-state index >= 15 is 0 Å². The summed E-state index contributed by atoms with van der Waals surface area (Å²) in [6.45, 7) is 12.5. The molecule has 0 fully saturated rings. The van der Waals surface area contributed by atoms with Crippen LogP contribution in [-0.4, -0.2) is 55.8 Å². The van der Waals surface area contributed by atoms with Crippen LogP contribution in [0.1, 0.15) is 47.4 Å². The standard InChI is InChI=1S/C30H41N3O4Si/c1-29(2,3)37-28(34)33-25(21-27-31-19-14-20-32-27)26(35-7)22-36-38(30(4,5)6,23-15-10-8-11-16-23)24-17-12-9-13-18-24/h8-20,25-26H,21-22H2,1-7H3,(H,33,34)/t25-,26-/m0/s1. The molecule has 8 heteroatoms. The Morgan fingerprint density at radius 1 is 0.868 bits per heavy atom. The van der Waals surface area contributed by atoms with Crippen molar-refractivity contribution in [1.29, 1.82) is 0 Å². The van der Waals surface area contributed by atoms with E-state index in [1.54, 1.807) is 25.6 Å². The number of hydrogen-bond acceptors (Lipinski definition) is 6. The number of hydrogen-bond donors (Lipinski definition) is 1. The maximum Gasteiger partial charge on any atom is 0.407 e. The Hall–Kier alpha value is -3.07. The summed E-state index contributed by atoms with van der Waals surface area (Å²) in [5, 5.41) is 5.16. The molecule has 0 aliphatic heterocycles. The molecule has 1 N–H and O–H groups in total. The Balaban J connectivity index is 1.98. The van der Waals surface area contributed by atoms with Crippen LogP contribution in [0.25, 0.3) is 0 Å². The first-order valence-electron chi connectivity index (χ1n) is 13.0. The van der Waals surface area contributed by atoms with Crippen molar-refractivity contribution in [3.63, 3.8) is 0 Å². The van der Waals surface area contributed by atoms with Gasteiger partial charge in [-0.25, -0.2) is 14.8 Å². The predicted octanol–water partition coefficient (Wildman–Crippen LogP) is 4.50. The van der Waals surface area contributed by atoms with Crippen LogP contribution in [0.5, 0.6) is 0 Å². The van der Waals surface area contributed by atoms with Crippen LogP contribution < -0.4 is 15.7 Å². The molecule has 7 nitrogen and oxygen atoms in total. The van der Waals surface area contributed by atoms with E-state index in [1.807, 2.05) is 32.9 Å². The van der Waals surface area contributed by atoms with Crippen molar-refractivity contribution in [3.8, 4) is 0 Å². The van der Waals surface area contributed by atoms with Gasteiger partial charge in [0.15, 0.2) is 0 Å². The fourth-order valence-corrected chi connectivity index (χ4v) is 9.25. The average molecular weight is 536 g/mol. The number of amides is 1. The zero-order chi connectivity index (χ0) is 27.8. The number of methoxy groups -OCH3 is 1.